The number of carbonyl (C=O) groups is 1. The third-order valence-corrected chi connectivity index (χ3v) is 3.88. The minimum absolute atomic E-state index is 0. The molecule has 1 aliphatic rings. The van der Waals surface area contributed by atoms with E-state index in [-0.39, 0.29) is 18.3 Å². The molecule has 0 radical (unpaired) electrons. The fourth-order valence-corrected chi connectivity index (χ4v) is 2.74. The Morgan fingerprint density at radius 2 is 2.30 bits per heavy atom. The van der Waals surface area contributed by atoms with Crippen LogP contribution < -0.4 is 10.6 Å². The van der Waals surface area contributed by atoms with Crippen LogP contribution in [0.5, 0.6) is 0 Å². The first-order valence-corrected chi connectivity index (χ1v) is 7.73. The molecule has 0 bridgehead atoms. The first-order valence-electron chi connectivity index (χ1n) is 7.73. The monoisotopic (exact) mass is 335 g/mol. The van der Waals surface area contributed by atoms with Crippen molar-refractivity contribution < 1.29 is 4.79 Å². The Morgan fingerprint density at radius 1 is 1.43 bits per heavy atom. The molecule has 0 spiro atoms. The summed E-state index contributed by atoms with van der Waals surface area (Å²) in [5.74, 6) is 1.47. The van der Waals surface area contributed by atoms with Gasteiger partial charge in [-0.15, -0.1) is 12.4 Å². The average Bonchev–Trinajstić information content (AvgIpc) is 3.17. The molecular weight excluding hydrogens is 314 g/mol. The smallest absolute Gasteiger partial charge is 0.224 e. The number of nitrogens with one attached hydrogen (secondary N) is 3. The van der Waals surface area contributed by atoms with E-state index in [0.717, 1.165) is 30.0 Å². The Bertz CT molecular complexity index is 651. The molecule has 1 atom stereocenters. The van der Waals surface area contributed by atoms with Crippen molar-refractivity contribution in [3.05, 3.63) is 30.1 Å². The zero-order valence-electron chi connectivity index (χ0n) is 13.1. The summed E-state index contributed by atoms with van der Waals surface area (Å²) in [5, 5.41) is 13.3. The minimum atomic E-state index is 0. The number of aromatic amines is 1. The largest absolute Gasteiger partial charge is 0.326 e. The van der Waals surface area contributed by atoms with Gasteiger partial charge in [-0.25, -0.2) is 4.98 Å². The molecule has 1 aromatic heterocycles. The standard InChI is InChI=1S/C16H21N5O.ClH/c1-11-18-16(21-20-11)12-4-2-5-14(10-12)19-15(22)8-7-13-6-3-9-17-13;/h2,4-5,10,13,17H,3,6-9H2,1H3,(H,19,22)(H,18,20,21);1H. The van der Waals surface area contributed by atoms with Crippen LogP contribution in [-0.4, -0.2) is 33.7 Å². The lowest BCUT2D eigenvalue weighted by Gasteiger charge is -2.10. The zero-order valence-corrected chi connectivity index (χ0v) is 13.9. The van der Waals surface area contributed by atoms with Gasteiger partial charge < -0.3 is 10.6 Å². The molecule has 1 unspecified atom stereocenters. The predicted octanol–water partition coefficient (Wildman–Crippen LogP) is 2.67. The number of benzene rings is 1. The van der Waals surface area contributed by atoms with E-state index in [9.17, 15) is 4.79 Å². The quantitative estimate of drug-likeness (QED) is 0.784. The van der Waals surface area contributed by atoms with E-state index in [1.54, 1.807) is 0 Å². The van der Waals surface area contributed by atoms with Crippen molar-refractivity contribution in [1.29, 1.82) is 0 Å². The molecule has 2 heterocycles. The highest BCUT2D eigenvalue weighted by Crippen LogP contribution is 2.19. The minimum Gasteiger partial charge on any atom is -0.326 e. The SMILES string of the molecule is Cc1nc(-c2cccc(NC(=O)CCC3CCCN3)c2)n[nH]1.Cl. The molecule has 6 nitrogen and oxygen atoms in total. The maximum atomic E-state index is 12.0. The molecule has 7 heteroatoms. The van der Waals surface area contributed by atoms with Gasteiger partial charge in [-0.1, -0.05) is 12.1 Å². The van der Waals surface area contributed by atoms with Gasteiger partial charge in [0.05, 0.1) is 0 Å². The molecule has 23 heavy (non-hydrogen) atoms. The number of hydrogen-bond donors (Lipinski definition) is 3. The third-order valence-electron chi connectivity index (χ3n) is 3.88. The molecule has 1 fully saturated rings. The molecule has 3 rings (SSSR count). The molecule has 1 amide bonds. The van der Waals surface area contributed by atoms with Crippen molar-refractivity contribution in [2.75, 3.05) is 11.9 Å². The number of amides is 1. The van der Waals surface area contributed by atoms with Gasteiger partial charge in [0.25, 0.3) is 0 Å². The Hall–Kier alpha value is -1.92. The number of H-pyrrole nitrogens is 1. The number of halogens is 1. The van der Waals surface area contributed by atoms with Crippen molar-refractivity contribution in [3.63, 3.8) is 0 Å². The van der Waals surface area contributed by atoms with E-state index in [1.165, 1.54) is 12.8 Å². The van der Waals surface area contributed by atoms with E-state index in [1.807, 2.05) is 31.2 Å². The van der Waals surface area contributed by atoms with Crippen molar-refractivity contribution in [1.82, 2.24) is 20.5 Å². The maximum absolute atomic E-state index is 12.0. The van der Waals surface area contributed by atoms with Crippen LogP contribution in [0.2, 0.25) is 0 Å². The van der Waals surface area contributed by atoms with Gasteiger partial charge >= 0.3 is 0 Å². The fraction of sp³-hybridized carbons (Fsp3) is 0.438. The summed E-state index contributed by atoms with van der Waals surface area (Å²) in [5.41, 5.74) is 1.67. The van der Waals surface area contributed by atoms with Crippen molar-refractivity contribution in [2.24, 2.45) is 0 Å². The molecule has 124 valence electrons. The van der Waals surface area contributed by atoms with Crippen molar-refractivity contribution in [2.45, 2.75) is 38.6 Å². The topological polar surface area (TPSA) is 82.7 Å². The van der Waals surface area contributed by atoms with Crippen LogP contribution in [0.3, 0.4) is 0 Å². The van der Waals surface area contributed by atoms with Gasteiger partial charge in [-0.3, -0.25) is 9.89 Å². The summed E-state index contributed by atoms with van der Waals surface area (Å²) < 4.78 is 0. The summed E-state index contributed by atoms with van der Waals surface area (Å²) in [6, 6.07) is 8.10. The molecule has 1 saturated heterocycles. The predicted molar refractivity (Wildman–Crippen MR) is 92.7 cm³/mol. The van der Waals surface area contributed by atoms with E-state index in [2.05, 4.69) is 25.8 Å². The van der Waals surface area contributed by atoms with Gasteiger partial charge in [0, 0.05) is 23.7 Å². The van der Waals surface area contributed by atoms with Crippen molar-refractivity contribution >= 4 is 24.0 Å². The molecular formula is C16H22ClN5O. The van der Waals surface area contributed by atoms with Gasteiger partial charge in [0.1, 0.15) is 5.82 Å². The Morgan fingerprint density at radius 3 is 3.00 bits per heavy atom. The molecule has 3 N–H and O–H groups in total. The number of aryl methyl sites for hydroxylation is 1. The first-order chi connectivity index (χ1) is 10.7. The summed E-state index contributed by atoms with van der Waals surface area (Å²) in [6.45, 7) is 2.93. The van der Waals surface area contributed by atoms with E-state index < -0.39 is 0 Å². The summed E-state index contributed by atoms with van der Waals surface area (Å²) in [7, 11) is 0. The Labute approximate surface area is 141 Å². The van der Waals surface area contributed by atoms with Gasteiger partial charge in [-0.05, 0) is 44.9 Å². The van der Waals surface area contributed by atoms with Crippen LogP contribution in [0.25, 0.3) is 11.4 Å². The summed E-state index contributed by atoms with van der Waals surface area (Å²) in [4.78, 5) is 16.3. The van der Waals surface area contributed by atoms with E-state index in [4.69, 9.17) is 0 Å². The number of anilines is 1. The Kier molecular flexibility index (Phi) is 6.12. The highest BCUT2D eigenvalue weighted by molar-refractivity contribution is 5.91. The molecule has 2 aromatic rings. The Balaban J connectivity index is 0.00000192. The number of aromatic nitrogens is 3. The van der Waals surface area contributed by atoms with Crippen LogP contribution in [0, 0.1) is 6.92 Å². The highest BCUT2D eigenvalue weighted by atomic mass is 35.5. The summed E-state index contributed by atoms with van der Waals surface area (Å²) >= 11 is 0. The summed E-state index contributed by atoms with van der Waals surface area (Å²) in [6.07, 6.45) is 3.82. The van der Waals surface area contributed by atoms with Gasteiger partial charge in [0.15, 0.2) is 5.82 Å². The van der Waals surface area contributed by atoms with Crippen LogP contribution in [0.1, 0.15) is 31.5 Å². The number of hydrogen-bond acceptors (Lipinski definition) is 4. The molecule has 0 saturated carbocycles. The molecule has 1 aromatic carbocycles. The fourth-order valence-electron chi connectivity index (χ4n) is 2.74. The van der Waals surface area contributed by atoms with Gasteiger partial charge in [-0.2, -0.15) is 5.10 Å². The normalized spacial score (nSPS) is 16.8. The lowest BCUT2D eigenvalue weighted by Crippen LogP contribution is -2.23. The van der Waals surface area contributed by atoms with Crippen LogP contribution >= 0.6 is 12.4 Å². The van der Waals surface area contributed by atoms with E-state index >= 15 is 0 Å². The highest BCUT2D eigenvalue weighted by Gasteiger charge is 2.15. The number of rotatable bonds is 5. The lowest BCUT2D eigenvalue weighted by molar-refractivity contribution is -0.116. The van der Waals surface area contributed by atoms with Gasteiger partial charge in [0.2, 0.25) is 5.91 Å². The van der Waals surface area contributed by atoms with Crippen molar-refractivity contribution in [3.8, 4) is 11.4 Å². The second-order valence-electron chi connectivity index (χ2n) is 5.71. The third kappa shape index (κ3) is 4.77. The second kappa shape index (κ2) is 8.08. The number of nitrogens with zero attached hydrogens (tertiary/aromatic N) is 2. The second-order valence-corrected chi connectivity index (χ2v) is 5.71. The zero-order chi connectivity index (χ0) is 15.4. The lowest BCUT2D eigenvalue weighted by atomic mass is 10.1. The first kappa shape index (κ1) is 17.4. The maximum Gasteiger partial charge on any atom is 0.224 e. The number of carbonyl (C=O) groups excluding carboxylic acids is 1. The molecule has 1 aliphatic heterocycles. The van der Waals surface area contributed by atoms with Crippen LogP contribution in [0.4, 0.5) is 5.69 Å². The molecule has 0 aliphatic carbocycles. The van der Waals surface area contributed by atoms with Crippen LogP contribution in [0.15, 0.2) is 24.3 Å². The van der Waals surface area contributed by atoms with Crippen LogP contribution in [-0.2, 0) is 4.79 Å². The van der Waals surface area contributed by atoms with E-state index in [0.29, 0.717) is 18.3 Å². The average molecular weight is 336 g/mol.